The van der Waals surface area contributed by atoms with E-state index >= 15 is 0 Å². The Hall–Kier alpha value is -1.22. The second-order valence-electron chi connectivity index (χ2n) is 3.47. The molecule has 0 heterocycles. The second-order valence-corrected chi connectivity index (χ2v) is 3.47. The molecule has 3 heteroatoms. The van der Waals surface area contributed by atoms with Gasteiger partial charge in [-0.25, -0.2) is 8.78 Å². The van der Waals surface area contributed by atoms with Crippen molar-refractivity contribution in [3.8, 4) is 0 Å². The van der Waals surface area contributed by atoms with Gasteiger partial charge in [-0.05, 0) is 12.5 Å². The average molecular weight is 212 g/mol. The minimum Gasteiger partial charge on any atom is -0.387 e. The van der Waals surface area contributed by atoms with Gasteiger partial charge in [0, 0.05) is 0 Å². The number of hydrogen-bond acceptors (Lipinski definition) is 1. The molecule has 1 aromatic rings. The van der Waals surface area contributed by atoms with E-state index in [1.54, 1.807) is 30.3 Å². The third-order valence-corrected chi connectivity index (χ3v) is 2.37. The molecule has 0 aliphatic heterocycles. The first-order valence-corrected chi connectivity index (χ1v) is 4.73. The summed E-state index contributed by atoms with van der Waals surface area (Å²) < 4.78 is 27.2. The second kappa shape index (κ2) is 4.53. The molecule has 0 aliphatic rings. The molecule has 1 rings (SSSR count). The largest absolute Gasteiger partial charge is 0.387 e. The van der Waals surface area contributed by atoms with Crippen LogP contribution in [0.1, 0.15) is 18.4 Å². The van der Waals surface area contributed by atoms with E-state index < -0.39 is 17.9 Å². The normalized spacial score (nSPS) is 15.7. The van der Waals surface area contributed by atoms with Crippen LogP contribution in [-0.4, -0.2) is 17.1 Å². The molecule has 1 aromatic carbocycles. The fourth-order valence-electron chi connectivity index (χ4n) is 1.44. The van der Waals surface area contributed by atoms with Crippen molar-refractivity contribution >= 4 is 0 Å². The zero-order chi connectivity index (χ0) is 11.5. The standard InChI is InChI=1S/C12H14F2O/c1-3-11(12(13,14)9(2)15)10-7-5-4-6-8-10/h3-9,11,15H,1H2,2H3. The van der Waals surface area contributed by atoms with E-state index in [0.29, 0.717) is 5.56 Å². The number of benzene rings is 1. The van der Waals surface area contributed by atoms with Crippen molar-refractivity contribution in [2.75, 3.05) is 0 Å². The minimum atomic E-state index is -3.19. The van der Waals surface area contributed by atoms with E-state index in [9.17, 15) is 8.78 Å². The molecule has 0 amide bonds. The molecular weight excluding hydrogens is 198 g/mol. The van der Waals surface area contributed by atoms with Crippen molar-refractivity contribution in [2.24, 2.45) is 0 Å². The number of allylic oxidation sites excluding steroid dienone is 1. The summed E-state index contributed by atoms with van der Waals surface area (Å²) in [6, 6.07) is 8.32. The predicted molar refractivity (Wildman–Crippen MR) is 56.0 cm³/mol. The van der Waals surface area contributed by atoms with Gasteiger partial charge in [0.25, 0.3) is 5.92 Å². The van der Waals surface area contributed by atoms with Gasteiger partial charge in [-0.1, -0.05) is 36.4 Å². The molecule has 0 bridgehead atoms. The van der Waals surface area contributed by atoms with Crippen molar-refractivity contribution in [1.82, 2.24) is 0 Å². The van der Waals surface area contributed by atoms with Crippen LogP contribution in [0.3, 0.4) is 0 Å². The highest BCUT2D eigenvalue weighted by Gasteiger charge is 2.43. The van der Waals surface area contributed by atoms with Crippen molar-refractivity contribution in [2.45, 2.75) is 24.9 Å². The van der Waals surface area contributed by atoms with E-state index in [0.717, 1.165) is 6.92 Å². The van der Waals surface area contributed by atoms with Crippen LogP contribution in [0.15, 0.2) is 43.0 Å². The first kappa shape index (κ1) is 11.9. The summed E-state index contributed by atoms with van der Waals surface area (Å²) in [5.41, 5.74) is 0.457. The molecular formula is C12H14F2O. The number of aliphatic hydroxyl groups is 1. The van der Waals surface area contributed by atoms with Gasteiger partial charge in [0.1, 0.15) is 6.10 Å². The summed E-state index contributed by atoms with van der Waals surface area (Å²) in [7, 11) is 0. The summed E-state index contributed by atoms with van der Waals surface area (Å²) in [4.78, 5) is 0. The maximum Gasteiger partial charge on any atom is 0.283 e. The maximum atomic E-state index is 13.6. The van der Waals surface area contributed by atoms with E-state index in [1.165, 1.54) is 6.08 Å². The van der Waals surface area contributed by atoms with Crippen molar-refractivity contribution in [1.29, 1.82) is 0 Å². The van der Waals surface area contributed by atoms with Crippen LogP contribution in [0.4, 0.5) is 8.78 Å². The topological polar surface area (TPSA) is 20.2 Å². The Labute approximate surface area is 88.1 Å². The van der Waals surface area contributed by atoms with Crippen LogP contribution in [0.25, 0.3) is 0 Å². The van der Waals surface area contributed by atoms with E-state index in [-0.39, 0.29) is 0 Å². The Morgan fingerprint density at radius 1 is 1.33 bits per heavy atom. The van der Waals surface area contributed by atoms with Gasteiger partial charge in [0.15, 0.2) is 0 Å². The molecule has 1 nitrogen and oxygen atoms in total. The van der Waals surface area contributed by atoms with Gasteiger partial charge in [-0.15, -0.1) is 6.58 Å². The fourth-order valence-corrected chi connectivity index (χ4v) is 1.44. The molecule has 82 valence electrons. The molecule has 0 saturated carbocycles. The van der Waals surface area contributed by atoms with E-state index in [2.05, 4.69) is 6.58 Å². The molecule has 1 N–H and O–H groups in total. The van der Waals surface area contributed by atoms with Gasteiger partial charge in [-0.3, -0.25) is 0 Å². The SMILES string of the molecule is C=CC(c1ccccc1)C(F)(F)C(C)O. The molecule has 2 atom stereocenters. The highest BCUT2D eigenvalue weighted by molar-refractivity contribution is 5.26. The lowest BCUT2D eigenvalue weighted by atomic mass is 9.90. The van der Waals surface area contributed by atoms with Gasteiger partial charge in [0.05, 0.1) is 5.92 Å². The highest BCUT2D eigenvalue weighted by atomic mass is 19.3. The number of aliphatic hydroxyl groups excluding tert-OH is 1. The Morgan fingerprint density at radius 3 is 2.27 bits per heavy atom. The van der Waals surface area contributed by atoms with E-state index in [4.69, 9.17) is 5.11 Å². The molecule has 0 aromatic heterocycles. The maximum absolute atomic E-state index is 13.6. The van der Waals surface area contributed by atoms with Crippen molar-refractivity contribution < 1.29 is 13.9 Å². The van der Waals surface area contributed by atoms with Crippen LogP contribution in [-0.2, 0) is 0 Å². The van der Waals surface area contributed by atoms with Gasteiger partial charge < -0.3 is 5.11 Å². The first-order valence-electron chi connectivity index (χ1n) is 4.73. The molecule has 0 saturated heterocycles. The van der Waals surface area contributed by atoms with Crippen molar-refractivity contribution in [3.63, 3.8) is 0 Å². The molecule has 0 fully saturated rings. The van der Waals surface area contributed by atoms with Crippen molar-refractivity contribution in [3.05, 3.63) is 48.6 Å². The Kier molecular flexibility index (Phi) is 3.58. The summed E-state index contributed by atoms with van der Waals surface area (Å²) >= 11 is 0. The Bertz CT molecular complexity index is 320. The zero-order valence-corrected chi connectivity index (χ0v) is 8.53. The predicted octanol–water partition coefficient (Wildman–Crippen LogP) is 2.97. The minimum absolute atomic E-state index is 0.457. The summed E-state index contributed by atoms with van der Waals surface area (Å²) in [6.07, 6.45) is -0.525. The lowest BCUT2D eigenvalue weighted by Gasteiger charge is -2.27. The lowest BCUT2D eigenvalue weighted by Crippen LogP contribution is -2.36. The molecule has 2 unspecified atom stereocenters. The highest BCUT2D eigenvalue weighted by Crippen LogP contribution is 2.36. The summed E-state index contributed by atoms with van der Waals surface area (Å²) in [5, 5.41) is 9.05. The molecule has 15 heavy (non-hydrogen) atoms. The molecule has 0 radical (unpaired) electrons. The fraction of sp³-hybridized carbons (Fsp3) is 0.333. The smallest absolute Gasteiger partial charge is 0.283 e. The van der Waals surface area contributed by atoms with E-state index in [1.807, 2.05) is 0 Å². The van der Waals surface area contributed by atoms with Gasteiger partial charge in [-0.2, -0.15) is 0 Å². The number of hydrogen-bond donors (Lipinski definition) is 1. The quantitative estimate of drug-likeness (QED) is 0.761. The van der Waals surface area contributed by atoms with Gasteiger partial charge in [0.2, 0.25) is 0 Å². The summed E-state index contributed by atoms with van der Waals surface area (Å²) in [5.74, 6) is -4.35. The molecule has 0 aliphatic carbocycles. The summed E-state index contributed by atoms with van der Waals surface area (Å²) in [6.45, 7) is 4.48. The van der Waals surface area contributed by atoms with Crippen LogP contribution in [0.2, 0.25) is 0 Å². The van der Waals surface area contributed by atoms with Crippen LogP contribution >= 0.6 is 0 Å². The van der Waals surface area contributed by atoms with Gasteiger partial charge >= 0.3 is 0 Å². The number of rotatable bonds is 4. The Morgan fingerprint density at radius 2 is 1.87 bits per heavy atom. The third-order valence-electron chi connectivity index (χ3n) is 2.37. The monoisotopic (exact) mass is 212 g/mol. The Balaban J connectivity index is 3.05. The lowest BCUT2D eigenvalue weighted by molar-refractivity contribution is -0.109. The number of halogens is 2. The number of alkyl halides is 2. The first-order chi connectivity index (χ1) is 7.00. The zero-order valence-electron chi connectivity index (χ0n) is 8.53. The molecule has 0 spiro atoms. The average Bonchev–Trinajstić information content (AvgIpc) is 2.19. The van der Waals surface area contributed by atoms with Crippen LogP contribution in [0, 0.1) is 0 Å². The third kappa shape index (κ3) is 2.42. The van der Waals surface area contributed by atoms with Crippen LogP contribution < -0.4 is 0 Å². The van der Waals surface area contributed by atoms with Crippen LogP contribution in [0.5, 0.6) is 0 Å².